The highest BCUT2D eigenvalue weighted by atomic mass is 19.1. The summed E-state index contributed by atoms with van der Waals surface area (Å²) in [5.74, 6) is 1.68. The summed E-state index contributed by atoms with van der Waals surface area (Å²) < 4.78 is 27.1. The van der Waals surface area contributed by atoms with Crippen molar-refractivity contribution < 1.29 is 28.6 Å². The second-order valence-corrected chi connectivity index (χ2v) is 10.4. The smallest absolute Gasteiger partial charge is 0.312 e. The van der Waals surface area contributed by atoms with Gasteiger partial charge in [0, 0.05) is 19.3 Å². The molecule has 0 unspecified atom stereocenters. The van der Waals surface area contributed by atoms with Crippen molar-refractivity contribution in [2.75, 3.05) is 11.9 Å². The molecule has 220 valence electrons. The molecule has 1 amide bonds. The standard InChI is InChI=1S/C29H42FN5O5/c1-4-7-9-10-11-12-13-14-15-16-22(37)32-26-25-27(34-28(30)33-26)35(20-31-25)23-18-21(36)29(6-3,40-23)19-39-24(38)17-8-5-2/h3,20-21,23,36H,4-5,7-19H2,1-2H3,(H,32,33,34,37)/t21-,23+,29+/m0/s1. The summed E-state index contributed by atoms with van der Waals surface area (Å²) >= 11 is 0. The molecule has 0 aliphatic carbocycles. The Kier molecular flexibility index (Phi) is 12.3. The molecule has 2 aromatic rings. The number of hydrogen-bond donors (Lipinski definition) is 2. The second kappa shape index (κ2) is 15.6. The van der Waals surface area contributed by atoms with Crippen LogP contribution in [0.1, 0.15) is 110 Å². The zero-order chi connectivity index (χ0) is 29.0. The van der Waals surface area contributed by atoms with E-state index in [1.165, 1.54) is 49.4 Å². The van der Waals surface area contributed by atoms with Crippen molar-refractivity contribution in [2.24, 2.45) is 0 Å². The first-order valence-electron chi connectivity index (χ1n) is 14.5. The van der Waals surface area contributed by atoms with Crippen LogP contribution < -0.4 is 5.32 Å². The summed E-state index contributed by atoms with van der Waals surface area (Å²) in [6, 6.07) is 0. The Labute approximate surface area is 235 Å². The fourth-order valence-electron chi connectivity index (χ4n) is 4.78. The van der Waals surface area contributed by atoms with Gasteiger partial charge in [-0.1, -0.05) is 77.6 Å². The van der Waals surface area contributed by atoms with Crippen LogP contribution in [0.3, 0.4) is 0 Å². The van der Waals surface area contributed by atoms with Gasteiger partial charge >= 0.3 is 12.0 Å². The number of nitrogens with one attached hydrogen (secondary N) is 1. The van der Waals surface area contributed by atoms with Crippen molar-refractivity contribution in [2.45, 2.75) is 122 Å². The molecule has 3 rings (SSSR count). The average Bonchev–Trinajstić information content (AvgIpc) is 3.50. The largest absolute Gasteiger partial charge is 0.461 e. The van der Waals surface area contributed by atoms with Gasteiger partial charge < -0.3 is 19.9 Å². The average molecular weight is 560 g/mol. The fourth-order valence-corrected chi connectivity index (χ4v) is 4.78. The molecule has 40 heavy (non-hydrogen) atoms. The number of hydrogen-bond acceptors (Lipinski definition) is 8. The Balaban J connectivity index is 1.59. The van der Waals surface area contributed by atoms with E-state index in [4.69, 9.17) is 15.9 Å². The van der Waals surface area contributed by atoms with Crippen molar-refractivity contribution >= 4 is 28.9 Å². The summed E-state index contributed by atoms with van der Waals surface area (Å²) in [5.41, 5.74) is -1.30. The number of aliphatic hydroxyl groups excluding tert-OH is 1. The summed E-state index contributed by atoms with van der Waals surface area (Å²) in [6.45, 7) is 3.84. The third kappa shape index (κ3) is 8.45. The number of halogens is 1. The number of rotatable bonds is 17. The maximum atomic E-state index is 14.4. The number of esters is 1. The van der Waals surface area contributed by atoms with Gasteiger partial charge in [0.15, 0.2) is 22.6 Å². The number of terminal acetylenes is 1. The van der Waals surface area contributed by atoms with Gasteiger partial charge in [-0.05, 0) is 12.8 Å². The number of aromatic nitrogens is 4. The van der Waals surface area contributed by atoms with Crippen LogP contribution >= 0.6 is 0 Å². The zero-order valence-corrected chi connectivity index (χ0v) is 23.7. The molecule has 2 aromatic heterocycles. The number of ether oxygens (including phenoxy) is 2. The number of carbonyl (C=O) groups is 2. The molecule has 10 nitrogen and oxygen atoms in total. The van der Waals surface area contributed by atoms with E-state index in [-0.39, 0.29) is 42.3 Å². The highest BCUT2D eigenvalue weighted by Gasteiger charge is 2.49. The number of unbranched alkanes of at least 4 members (excludes halogenated alkanes) is 9. The molecular weight excluding hydrogens is 517 g/mol. The molecule has 3 atom stereocenters. The van der Waals surface area contributed by atoms with Gasteiger partial charge in [0.05, 0.1) is 6.33 Å². The number of anilines is 1. The third-order valence-electron chi connectivity index (χ3n) is 7.21. The SMILES string of the molecule is C#C[C@]1(COC(=O)CCCC)O[C@@H](n2cnc3c(NC(=O)CCCCCCCCCCC)nc(F)nc32)C[C@@H]1O. The van der Waals surface area contributed by atoms with E-state index >= 15 is 0 Å². The first kappa shape index (κ1) is 31.4. The van der Waals surface area contributed by atoms with Crippen LogP contribution in [-0.4, -0.2) is 54.8 Å². The van der Waals surface area contributed by atoms with Crippen molar-refractivity contribution in [1.82, 2.24) is 19.5 Å². The Morgan fingerprint density at radius 3 is 2.48 bits per heavy atom. The summed E-state index contributed by atoms with van der Waals surface area (Å²) in [4.78, 5) is 36.4. The summed E-state index contributed by atoms with van der Waals surface area (Å²) in [6.07, 6.45) is 16.3. The first-order valence-corrected chi connectivity index (χ1v) is 14.5. The minimum Gasteiger partial charge on any atom is -0.461 e. The number of aliphatic hydroxyl groups is 1. The van der Waals surface area contributed by atoms with E-state index in [1.54, 1.807) is 0 Å². The number of fused-ring (bicyclic) bond motifs is 1. The quantitative estimate of drug-likeness (QED) is 0.117. The normalized spacial score (nSPS) is 20.5. The molecule has 3 heterocycles. The highest BCUT2D eigenvalue weighted by Crippen LogP contribution is 2.38. The maximum Gasteiger partial charge on any atom is 0.312 e. The van der Waals surface area contributed by atoms with E-state index in [0.29, 0.717) is 12.8 Å². The molecule has 0 spiro atoms. The highest BCUT2D eigenvalue weighted by molar-refractivity contribution is 5.96. The van der Waals surface area contributed by atoms with E-state index < -0.39 is 30.0 Å². The van der Waals surface area contributed by atoms with Crippen molar-refractivity contribution in [3.8, 4) is 12.3 Å². The van der Waals surface area contributed by atoms with Gasteiger partial charge in [0.25, 0.3) is 0 Å². The van der Waals surface area contributed by atoms with Gasteiger partial charge in [-0.15, -0.1) is 6.42 Å². The lowest BCUT2D eigenvalue weighted by Gasteiger charge is -2.26. The first-order chi connectivity index (χ1) is 19.3. The maximum absolute atomic E-state index is 14.4. The van der Waals surface area contributed by atoms with Crippen LogP contribution in [0, 0.1) is 18.4 Å². The van der Waals surface area contributed by atoms with Crippen LogP contribution in [0.4, 0.5) is 10.2 Å². The molecule has 1 saturated heterocycles. The van der Waals surface area contributed by atoms with Gasteiger partial charge in [0.2, 0.25) is 5.91 Å². The number of carbonyl (C=O) groups excluding carboxylic acids is 2. The third-order valence-corrected chi connectivity index (χ3v) is 7.21. The van der Waals surface area contributed by atoms with E-state index in [9.17, 15) is 19.1 Å². The molecule has 1 aliphatic rings. The lowest BCUT2D eigenvalue weighted by atomic mass is 9.99. The van der Waals surface area contributed by atoms with Crippen LogP contribution in [0.25, 0.3) is 11.2 Å². The van der Waals surface area contributed by atoms with Gasteiger partial charge in [0.1, 0.15) is 18.9 Å². The number of nitrogens with zero attached hydrogens (tertiary/aromatic N) is 4. The minimum absolute atomic E-state index is 0.0335. The molecule has 1 fully saturated rings. The predicted molar refractivity (Wildman–Crippen MR) is 149 cm³/mol. The predicted octanol–water partition coefficient (Wildman–Crippen LogP) is 5.21. The Hall–Kier alpha value is -3.10. The fraction of sp³-hybridized carbons (Fsp3) is 0.690. The van der Waals surface area contributed by atoms with Crippen LogP contribution in [0.15, 0.2) is 6.33 Å². The summed E-state index contributed by atoms with van der Waals surface area (Å²) in [7, 11) is 0. The molecule has 0 radical (unpaired) electrons. The molecular formula is C29H42FN5O5. The number of amides is 1. The van der Waals surface area contributed by atoms with Gasteiger partial charge in [-0.2, -0.15) is 14.4 Å². The lowest BCUT2D eigenvalue weighted by Crippen LogP contribution is -2.43. The van der Waals surface area contributed by atoms with Crippen molar-refractivity contribution in [3.05, 3.63) is 12.4 Å². The molecule has 0 aromatic carbocycles. The van der Waals surface area contributed by atoms with Gasteiger partial charge in [-0.25, -0.2) is 4.98 Å². The van der Waals surface area contributed by atoms with E-state index in [0.717, 1.165) is 25.7 Å². The molecule has 0 saturated carbocycles. The molecule has 0 bridgehead atoms. The molecule has 11 heteroatoms. The molecule has 2 N–H and O–H groups in total. The Morgan fingerprint density at radius 2 is 1.80 bits per heavy atom. The zero-order valence-electron chi connectivity index (χ0n) is 23.7. The monoisotopic (exact) mass is 559 g/mol. The van der Waals surface area contributed by atoms with Gasteiger partial charge in [-0.3, -0.25) is 14.2 Å². The van der Waals surface area contributed by atoms with Crippen molar-refractivity contribution in [3.63, 3.8) is 0 Å². The molecule has 1 aliphatic heterocycles. The van der Waals surface area contributed by atoms with E-state index in [1.807, 2.05) is 6.92 Å². The topological polar surface area (TPSA) is 128 Å². The lowest BCUT2D eigenvalue weighted by molar-refractivity contribution is -0.156. The van der Waals surface area contributed by atoms with Crippen LogP contribution in [0.5, 0.6) is 0 Å². The summed E-state index contributed by atoms with van der Waals surface area (Å²) in [5, 5.41) is 13.4. The Morgan fingerprint density at radius 1 is 1.12 bits per heavy atom. The van der Waals surface area contributed by atoms with Crippen LogP contribution in [-0.2, 0) is 19.1 Å². The minimum atomic E-state index is -1.57. The number of imidazole rings is 1. The van der Waals surface area contributed by atoms with Crippen LogP contribution in [0.2, 0.25) is 0 Å². The second-order valence-electron chi connectivity index (χ2n) is 10.4. The van der Waals surface area contributed by atoms with E-state index in [2.05, 4.69) is 33.1 Å². The Bertz CT molecular complexity index is 1170. The van der Waals surface area contributed by atoms with Crippen molar-refractivity contribution in [1.29, 1.82) is 0 Å².